The molecule has 2 aromatic carbocycles. The van der Waals surface area contributed by atoms with Gasteiger partial charge in [-0.3, -0.25) is 0 Å². The number of hydrogen-bond donors (Lipinski definition) is 0. The van der Waals surface area contributed by atoms with Crippen molar-refractivity contribution in [2.75, 3.05) is 12.5 Å². The van der Waals surface area contributed by atoms with Crippen LogP contribution in [0.2, 0.25) is 0 Å². The lowest BCUT2D eigenvalue weighted by Crippen LogP contribution is -1.97. The van der Waals surface area contributed by atoms with Crippen molar-refractivity contribution in [1.82, 2.24) is 0 Å². The van der Waals surface area contributed by atoms with E-state index in [2.05, 4.69) is 22.0 Å². The van der Waals surface area contributed by atoms with Gasteiger partial charge in [0.15, 0.2) is 0 Å². The Morgan fingerprint density at radius 1 is 1.24 bits per heavy atom. The number of hydrogen-bond acceptors (Lipinski definition) is 1. The molecular weight excluding hydrogens is 300 g/mol. The fourth-order valence-electron chi connectivity index (χ4n) is 1.53. The van der Waals surface area contributed by atoms with Gasteiger partial charge in [0.1, 0.15) is 12.4 Å². The Morgan fingerprint density at radius 3 is 2.82 bits per heavy atom. The van der Waals surface area contributed by atoms with Crippen LogP contribution >= 0.6 is 27.5 Å². The van der Waals surface area contributed by atoms with Gasteiger partial charge in [0.25, 0.3) is 0 Å². The third-order valence-electron chi connectivity index (χ3n) is 2.28. The van der Waals surface area contributed by atoms with Gasteiger partial charge in [0.05, 0.1) is 5.88 Å². The maximum Gasteiger partial charge on any atom is 0.120 e. The molecule has 0 aliphatic rings. The molecule has 1 nitrogen and oxygen atoms in total. The van der Waals surface area contributed by atoms with Gasteiger partial charge < -0.3 is 4.74 Å². The molecule has 0 aliphatic heterocycles. The Bertz CT molecular complexity index is 499. The van der Waals surface area contributed by atoms with Gasteiger partial charge in [-0.2, -0.15) is 0 Å². The molecule has 0 fully saturated rings. The first-order valence-electron chi connectivity index (χ1n) is 5.26. The summed E-state index contributed by atoms with van der Waals surface area (Å²) in [5.74, 6) is 1.30. The standard InChI is InChI=1S/C14H11BrClO/c15-14-7-2-1-6-13(14)11-4-3-5-12(10-11)17-9-8-16/h1-3,5-7,10H,8-9H2. The van der Waals surface area contributed by atoms with Crippen molar-refractivity contribution in [1.29, 1.82) is 0 Å². The Labute approximate surface area is 115 Å². The first-order valence-corrected chi connectivity index (χ1v) is 6.59. The molecule has 3 heteroatoms. The van der Waals surface area contributed by atoms with E-state index < -0.39 is 0 Å². The van der Waals surface area contributed by atoms with E-state index in [9.17, 15) is 0 Å². The molecule has 2 aromatic rings. The van der Waals surface area contributed by atoms with E-state index in [1.807, 2.05) is 42.5 Å². The van der Waals surface area contributed by atoms with Gasteiger partial charge in [-0.05, 0) is 35.4 Å². The second-order valence-corrected chi connectivity index (χ2v) is 4.69. The molecular formula is C14H11BrClO. The Kier molecular flexibility index (Phi) is 4.46. The fraction of sp³-hybridized carbons (Fsp3) is 0.143. The largest absolute Gasteiger partial charge is 0.492 e. The fourth-order valence-corrected chi connectivity index (χ4v) is 2.10. The zero-order valence-corrected chi connectivity index (χ0v) is 11.5. The van der Waals surface area contributed by atoms with E-state index in [-0.39, 0.29) is 0 Å². The van der Waals surface area contributed by atoms with Crippen molar-refractivity contribution in [3.05, 3.63) is 53.0 Å². The monoisotopic (exact) mass is 309 g/mol. The van der Waals surface area contributed by atoms with Gasteiger partial charge in [-0.25, -0.2) is 0 Å². The van der Waals surface area contributed by atoms with Crippen molar-refractivity contribution in [3.8, 4) is 16.9 Å². The lowest BCUT2D eigenvalue weighted by Gasteiger charge is -2.07. The lowest BCUT2D eigenvalue weighted by molar-refractivity contribution is 0.343. The molecule has 87 valence electrons. The van der Waals surface area contributed by atoms with E-state index in [1.54, 1.807) is 0 Å². The number of benzene rings is 2. The second-order valence-electron chi connectivity index (χ2n) is 3.46. The van der Waals surface area contributed by atoms with Crippen LogP contribution in [0, 0.1) is 6.07 Å². The summed E-state index contributed by atoms with van der Waals surface area (Å²) in [4.78, 5) is 0. The zero-order chi connectivity index (χ0) is 12.1. The van der Waals surface area contributed by atoms with E-state index in [0.29, 0.717) is 12.5 Å². The topological polar surface area (TPSA) is 9.23 Å². The molecule has 0 bridgehead atoms. The Morgan fingerprint density at radius 2 is 2.06 bits per heavy atom. The van der Waals surface area contributed by atoms with E-state index in [0.717, 1.165) is 21.3 Å². The molecule has 0 N–H and O–H groups in total. The summed E-state index contributed by atoms with van der Waals surface area (Å²) in [5, 5.41) is 0. The third-order valence-corrected chi connectivity index (χ3v) is 3.13. The van der Waals surface area contributed by atoms with Crippen LogP contribution in [-0.4, -0.2) is 12.5 Å². The van der Waals surface area contributed by atoms with Crippen LogP contribution in [0.15, 0.2) is 46.9 Å². The van der Waals surface area contributed by atoms with E-state index in [4.69, 9.17) is 16.3 Å². The summed E-state index contributed by atoms with van der Waals surface area (Å²) < 4.78 is 6.54. The summed E-state index contributed by atoms with van der Waals surface area (Å²) in [6.07, 6.45) is 0. The maximum atomic E-state index is 5.59. The quantitative estimate of drug-likeness (QED) is 0.754. The molecule has 0 aromatic heterocycles. The maximum absolute atomic E-state index is 5.59. The van der Waals surface area contributed by atoms with Crippen molar-refractivity contribution in [2.24, 2.45) is 0 Å². The van der Waals surface area contributed by atoms with E-state index >= 15 is 0 Å². The predicted molar refractivity (Wildman–Crippen MR) is 74.6 cm³/mol. The number of ether oxygens (including phenoxy) is 1. The summed E-state index contributed by atoms with van der Waals surface area (Å²) in [5.41, 5.74) is 2.10. The Hall–Kier alpha value is -0.990. The second kappa shape index (κ2) is 6.08. The van der Waals surface area contributed by atoms with Crippen molar-refractivity contribution in [2.45, 2.75) is 0 Å². The van der Waals surface area contributed by atoms with Crippen LogP contribution in [0.25, 0.3) is 11.1 Å². The van der Waals surface area contributed by atoms with Crippen LogP contribution in [-0.2, 0) is 0 Å². The van der Waals surface area contributed by atoms with Gasteiger partial charge in [-0.1, -0.05) is 40.2 Å². The average Bonchev–Trinajstić information content (AvgIpc) is 2.37. The average molecular weight is 311 g/mol. The Balaban J connectivity index is 2.30. The number of alkyl halides is 1. The van der Waals surface area contributed by atoms with Crippen LogP contribution < -0.4 is 4.74 Å². The summed E-state index contributed by atoms with van der Waals surface area (Å²) in [6, 6.07) is 16.9. The molecule has 0 heterocycles. The van der Waals surface area contributed by atoms with Crippen LogP contribution in [0.1, 0.15) is 0 Å². The van der Waals surface area contributed by atoms with Crippen LogP contribution in [0.5, 0.6) is 5.75 Å². The minimum atomic E-state index is 0.489. The zero-order valence-electron chi connectivity index (χ0n) is 9.12. The van der Waals surface area contributed by atoms with Crippen molar-refractivity contribution >= 4 is 27.5 Å². The SMILES string of the molecule is ClCCOc1cc[c]c(-c2ccccc2Br)c1. The molecule has 0 spiro atoms. The molecule has 0 atom stereocenters. The van der Waals surface area contributed by atoms with Gasteiger partial charge in [0.2, 0.25) is 0 Å². The molecule has 0 amide bonds. The molecule has 0 saturated heterocycles. The van der Waals surface area contributed by atoms with Crippen molar-refractivity contribution in [3.63, 3.8) is 0 Å². The molecule has 17 heavy (non-hydrogen) atoms. The summed E-state index contributed by atoms with van der Waals surface area (Å²) >= 11 is 9.12. The molecule has 0 unspecified atom stereocenters. The predicted octanol–water partition coefficient (Wildman–Crippen LogP) is 4.53. The van der Waals surface area contributed by atoms with E-state index in [1.165, 1.54) is 0 Å². The molecule has 0 saturated carbocycles. The highest BCUT2D eigenvalue weighted by Gasteiger charge is 2.03. The van der Waals surface area contributed by atoms with Crippen LogP contribution in [0.3, 0.4) is 0 Å². The van der Waals surface area contributed by atoms with Gasteiger partial charge in [0, 0.05) is 4.47 Å². The number of rotatable bonds is 4. The van der Waals surface area contributed by atoms with Gasteiger partial charge in [-0.15, -0.1) is 11.6 Å². The lowest BCUT2D eigenvalue weighted by atomic mass is 10.1. The summed E-state index contributed by atoms with van der Waals surface area (Å²) in [7, 11) is 0. The third kappa shape index (κ3) is 3.24. The number of halogens is 2. The molecule has 1 radical (unpaired) electrons. The smallest absolute Gasteiger partial charge is 0.120 e. The first-order chi connectivity index (χ1) is 8.31. The van der Waals surface area contributed by atoms with Gasteiger partial charge >= 0.3 is 0 Å². The highest BCUT2D eigenvalue weighted by atomic mass is 79.9. The minimum absolute atomic E-state index is 0.489. The van der Waals surface area contributed by atoms with Crippen molar-refractivity contribution < 1.29 is 4.74 Å². The molecule has 2 rings (SSSR count). The van der Waals surface area contributed by atoms with Crippen LogP contribution in [0.4, 0.5) is 0 Å². The highest BCUT2D eigenvalue weighted by Crippen LogP contribution is 2.29. The normalized spacial score (nSPS) is 10.2. The summed E-state index contributed by atoms with van der Waals surface area (Å²) in [6.45, 7) is 0.515. The minimum Gasteiger partial charge on any atom is -0.492 e. The highest BCUT2D eigenvalue weighted by molar-refractivity contribution is 9.10. The molecule has 0 aliphatic carbocycles. The first kappa shape index (κ1) is 12.5.